The van der Waals surface area contributed by atoms with E-state index in [-0.39, 0.29) is 30.1 Å². The van der Waals surface area contributed by atoms with Gasteiger partial charge in [0.05, 0.1) is 49.1 Å². The molecule has 0 spiro atoms. The van der Waals surface area contributed by atoms with Gasteiger partial charge in [-0.3, -0.25) is 4.79 Å². The SMILES string of the molecule is CC(=C[C@H](C)[C@@H](O)[C@@H](C)C=C[C@@H](O)C[C@H](O)[C@H](C)[C@](C)(O)[C@@H](C)C(=O)O)C[C@H](C)[C@@H](O)[C@H](C)[C@@H](OC(N)=O)[C@@H](C)COCc1ccccc1. The molecule has 1 amide bonds. The van der Waals surface area contributed by atoms with Crippen LogP contribution in [0.2, 0.25) is 0 Å². The monoisotopic (exact) mass is 693 g/mol. The highest BCUT2D eigenvalue weighted by Gasteiger charge is 2.42. The summed E-state index contributed by atoms with van der Waals surface area (Å²) in [6.07, 6.45) is 0.127. The van der Waals surface area contributed by atoms with Crippen LogP contribution in [0, 0.1) is 41.4 Å². The first-order valence-corrected chi connectivity index (χ1v) is 17.3. The van der Waals surface area contributed by atoms with E-state index in [4.69, 9.17) is 15.2 Å². The van der Waals surface area contributed by atoms with Crippen LogP contribution in [-0.2, 0) is 20.9 Å². The number of primary amides is 1. The maximum Gasteiger partial charge on any atom is 0.404 e. The summed E-state index contributed by atoms with van der Waals surface area (Å²) in [5.74, 6) is -4.57. The molecule has 0 heterocycles. The van der Waals surface area contributed by atoms with E-state index in [1.165, 1.54) is 19.9 Å². The number of hydrogen-bond donors (Lipinski definition) is 7. The zero-order chi connectivity index (χ0) is 37.6. The topological polar surface area (TPSA) is 200 Å². The van der Waals surface area contributed by atoms with Crippen molar-refractivity contribution in [1.82, 2.24) is 0 Å². The van der Waals surface area contributed by atoms with Crippen LogP contribution >= 0.6 is 0 Å². The minimum Gasteiger partial charge on any atom is -0.481 e. The lowest BCUT2D eigenvalue weighted by Gasteiger charge is -2.36. The van der Waals surface area contributed by atoms with E-state index >= 15 is 0 Å². The Bertz CT molecular complexity index is 1190. The predicted molar refractivity (Wildman–Crippen MR) is 189 cm³/mol. The Hall–Kier alpha value is -2.80. The fourth-order valence-corrected chi connectivity index (χ4v) is 6.32. The molecule has 280 valence electrons. The second kappa shape index (κ2) is 20.8. The third kappa shape index (κ3) is 14.5. The first kappa shape index (κ1) is 44.2. The zero-order valence-electron chi connectivity index (χ0n) is 30.8. The molecule has 0 aliphatic heterocycles. The maximum absolute atomic E-state index is 11.7. The molecule has 0 saturated heterocycles. The van der Waals surface area contributed by atoms with Gasteiger partial charge in [-0.15, -0.1) is 0 Å². The van der Waals surface area contributed by atoms with Crippen LogP contribution in [0.5, 0.6) is 0 Å². The van der Waals surface area contributed by atoms with Gasteiger partial charge in [0.1, 0.15) is 6.10 Å². The molecule has 0 saturated carbocycles. The highest BCUT2D eigenvalue weighted by molar-refractivity contribution is 5.71. The number of aliphatic hydroxyl groups excluding tert-OH is 4. The fraction of sp³-hybridized carbons (Fsp3) is 0.684. The van der Waals surface area contributed by atoms with Gasteiger partial charge in [-0.05, 0) is 38.7 Å². The fourth-order valence-electron chi connectivity index (χ4n) is 6.32. The molecule has 11 heteroatoms. The number of carbonyl (C=O) groups is 2. The molecule has 1 aromatic carbocycles. The third-order valence-corrected chi connectivity index (χ3v) is 10.1. The van der Waals surface area contributed by atoms with Crippen molar-refractivity contribution in [1.29, 1.82) is 0 Å². The van der Waals surface area contributed by atoms with Crippen LogP contribution in [0.4, 0.5) is 4.79 Å². The van der Waals surface area contributed by atoms with E-state index in [1.807, 2.05) is 78.0 Å². The summed E-state index contributed by atoms with van der Waals surface area (Å²) in [6, 6.07) is 9.72. The molecule has 1 aromatic rings. The van der Waals surface area contributed by atoms with Gasteiger partial charge in [0.25, 0.3) is 0 Å². The van der Waals surface area contributed by atoms with Crippen LogP contribution in [0.15, 0.2) is 54.1 Å². The number of rotatable bonds is 22. The van der Waals surface area contributed by atoms with Gasteiger partial charge in [-0.25, -0.2) is 4.79 Å². The molecule has 0 radical (unpaired) electrons. The maximum atomic E-state index is 11.7. The van der Waals surface area contributed by atoms with Gasteiger partial charge in [0.15, 0.2) is 0 Å². The number of hydrogen-bond acceptors (Lipinski definition) is 9. The summed E-state index contributed by atoms with van der Waals surface area (Å²) in [5, 5.41) is 63.3. The van der Waals surface area contributed by atoms with Gasteiger partial charge in [-0.2, -0.15) is 0 Å². The van der Waals surface area contributed by atoms with Crippen molar-refractivity contribution in [2.45, 2.75) is 118 Å². The molecule has 49 heavy (non-hydrogen) atoms. The Labute approximate surface area is 292 Å². The minimum absolute atomic E-state index is 0.110. The van der Waals surface area contributed by atoms with Gasteiger partial charge < -0.3 is 45.8 Å². The number of carboxylic acid groups (broad SMARTS) is 1. The number of allylic oxidation sites excluding steroid dienone is 1. The van der Waals surface area contributed by atoms with Crippen molar-refractivity contribution in [2.75, 3.05) is 6.61 Å². The number of benzene rings is 1. The first-order chi connectivity index (χ1) is 22.7. The molecular formula is C38H63NO10. The molecule has 11 nitrogen and oxygen atoms in total. The lowest BCUT2D eigenvalue weighted by Crippen LogP contribution is -2.48. The highest BCUT2D eigenvalue weighted by Crippen LogP contribution is 2.31. The van der Waals surface area contributed by atoms with E-state index < -0.39 is 65.9 Å². The molecule has 0 aliphatic carbocycles. The molecule has 0 aromatic heterocycles. The van der Waals surface area contributed by atoms with E-state index in [9.17, 15) is 40.2 Å². The quantitative estimate of drug-likeness (QED) is 0.0837. The van der Waals surface area contributed by atoms with Crippen molar-refractivity contribution >= 4 is 12.1 Å². The zero-order valence-corrected chi connectivity index (χ0v) is 30.8. The number of aliphatic carboxylic acids is 1. The second-order valence-electron chi connectivity index (χ2n) is 14.5. The minimum atomic E-state index is -1.68. The summed E-state index contributed by atoms with van der Waals surface area (Å²) in [4.78, 5) is 23.1. The largest absolute Gasteiger partial charge is 0.481 e. The molecular weight excluding hydrogens is 630 g/mol. The van der Waals surface area contributed by atoms with Crippen molar-refractivity contribution in [2.24, 2.45) is 47.2 Å². The lowest BCUT2D eigenvalue weighted by molar-refractivity contribution is -0.157. The highest BCUT2D eigenvalue weighted by atomic mass is 16.6. The van der Waals surface area contributed by atoms with Gasteiger partial charge >= 0.3 is 12.1 Å². The number of aliphatic hydroxyl groups is 5. The van der Waals surface area contributed by atoms with Crippen molar-refractivity contribution < 1.29 is 49.7 Å². The predicted octanol–water partition coefficient (Wildman–Crippen LogP) is 4.68. The Balaban J connectivity index is 2.77. The molecule has 0 fully saturated rings. The summed E-state index contributed by atoms with van der Waals surface area (Å²) < 4.78 is 11.3. The molecule has 0 aliphatic rings. The molecule has 8 N–H and O–H groups in total. The van der Waals surface area contributed by atoms with Crippen LogP contribution in [0.3, 0.4) is 0 Å². The number of nitrogens with two attached hydrogens (primary N) is 1. The van der Waals surface area contributed by atoms with Crippen LogP contribution in [0.25, 0.3) is 0 Å². The molecule has 0 unspecified atom stereocenters. The smallest absolute Gasteiger partial charge is 0.404 e. The van der Waals surface area contributed by atoms with E-state index in [1.54, 1.807) is 13.0 Å². The third-order valence-electron chi connectivity index (χ3n) is 10.1. The summed E-state index contributed by atoms with van der Waals surface area (Å²) >= 11 is 0. The summed E-state index contributed by atoms with van der Waals surface area (Å²) in [5.41, 5.74) is 5.69. The van der Waals surface area contributed by atoms with E-state index in [0.717, 1.165) is 11.1 Å². The lowest BCUT2D eigenvalue weighted by atomic mass is 9.76. The Morgan fingerprint density at radius 1 is 0.898 bits per heavy atom. The Kier molecular flexibility index (Phi) is 18.7. The molecule has 0 bridgehead atoms. The van der Waals surface area contributed by atoms with E-state index in [2.05, 4.69) is 0 Å². The first-order valence-electron chi connectivity index (χ1n) is 17.3. The van der Waals surface area contributed by atoms with E-state index in [0.29, 0.717) is 19.6 Å². The average molecular weight is 694 g/mol. The molecule has 1 rings (SSSR count). The number of carbonyl (C=O) groups excluding carboxylic acids is 1. The van der Waals surface area contributed by atoms with Crippen molar-refractivity contribution in [3.05, 3.63) is 59.7 Å². The van der Waals surface area contributed by atoms with Crippen LogP contribution < -0.4 is 5.73 Å². The van der Waals surface area contributed by atoms with Crippen LogP contribution in [0.1, 0.15) is 80.7 Å². The summed E-state index contributed by atoms with van der Waals surface area (Å²) in [6.45, 7) is 16.3. The van der Waals surface area contributed by atoms with Gasteiger partial charge in [0, 0.05) is 36.0 Å². The second-order valence-corrected chi connectivity index (χ2v) is 14.5. The molecule has 13 atom stereocenters. The standard InChI is InChI=1S/C38H63NO10/c1-22(17-24(3)33(42)23(2)15-16-31(40)19-32(41)28(7)38(9,47)29(8)36(44)45)18-25(4)34(43)27(6)35(49-37(39)46)26(5)20-48-21-30-13-11-10-12-14-30/h10-17,23-29,31-35,40-43,47H,18-21H2,1-9H3,(H2,39,46)(H,44,45)/t23-,24-,25-,26-,27-,28-,29-,31+,32-,33-,34+,35-,38-/m0/s1. The summed E-state index contributed by atoms with van der Waals surface area (Å²) in [7, 11) is 0. The Morgan fingerprint density at radius 3 is 2.04 bits per heavy atom. The average Bonchev–Trinajstić information content (AvgIpc) is 3.04. The normalized spacial score (nSPS) is 21.2. The van der Waals surface area contributed by atoms with Gasteiger partial charge in [0.2, 0.25) is 0 Å². The van der Waals surface area contributed by atoms with Crippen molar-refractivity contribution in [3.8, 4) is 0 Å². The number of ether oxygens (including phenoxy) is 2. The Morgan fingerprint density at radius 2 is 1.49 bits per heavy atom. The number of carboxylic acids is 1. The number of amides is 1. The van der Waals surface area contributed by atoms with Crippen LogP contribution in [-0.4, -0.2) is 85.4 Å². The van der Waals surface area contributed by atoms with Gasteiger partial charge in [-0.1, -0.05) is 95.7 Å². The van der Waals surface area contributed by atoms with Crippen molar-refractivity contribution in [3.63, 3.8) is 0 Å².